The number of anilines is 1. The first-order valence-electron chi connectivity index (χ1n) is 6.82. The number of hydrogen-bond acceptors (Lipinski definition) is 3. The van der Waals surface area contributed by atoms with E-state index in [1.807, 2.05) is 30.1 Å². The minimum atomic E-state index is -0.399. The lowest BCUT2D eigenvalue weighted by Crippen LogP contribution is -2.18. The first-order valence-corrected chi connectivity index (χ1v) is 6.82. The quantitative estimate of drug-likeness (QED) is 0.896. The van der Waals surface area contributed by atoms with Crippen molar-refractivity contribution >= 4 is 11.6 Å². The third-order valence-corrected chi connectivity index (χ3v) is 3.89. The summed E-state index contributed by atoms with van der Waals surface area (Å²) in [5, 5.41) is 7.85. The lowest BCUT2D eigenvalue weighted by Gasteiger charge is -2.24. The largest absolute Gasteiger partial charge is 0.378 e. The lowest BCUT2D eigenvalue weighted by molar-refractivity contribution is 0.100. The van der Waals surface area contributed by atoms with E-state index >= 15 is 0 Å². The van der Waals surface area contributed by atoms with Crippen molar-refractivity contribution in [1.29, 1.82) is 0 Å². The molecular weight excluding hydrogens is 252 g/mol. The first kappa shape index (κ1) is 12.7. The molecule has 1 atom stereocenters. The Balaban J connectivity index is 1.80. The molecule has 1 aromatic carbocycles. The summed E-state index contributed by atoms with van der Waals surface area (Å²) in [5.41, 5.74) is 9.35. The van der Waals surface area contributed by atoms with Gasteiger partial charge in [0.1, 0.15) is 0 Å². The average molecular weight is 270 g/mol. The summed E-state index contributed by atoms with van der Waals surface area (Å²) in [6.07, 6.45) is 5.29. The summed E-state index contributed by atoms with van der Waals surface area (Å²) in [5.74, 6) is -0.399. The molecule has 0 aliphatic heterocycles. The van der Waals surface area contributed by atoms with Gasteiger partial charge in [0.15, 0.2) is 0 Å². The zero-order chi connectivity index (χ0) is 14.1. The van der Waals surface area contributed by atoms with Crippen molar-refractivity contribution in [3.8, 4) is 0 Å². The predicted molar refractivity (Wildman–Crippen MR) is 77.5 cm³/mol. The number of nitrogens with one attached hydrogen (secondary N) is 1. The second-order valence-electron chi connectivity index (χ2n) is 5.20. The Morgan fingerprint density at radius 1 is 1.40 bits per heavy atom. The summed E-state index contributed by atoms with van der Waals surface area (Å²) >= 11 is 0. The number of aromatic nitrogens is 2. The van der Waals surface area contributed by atoms with Gasteiger partial charge in [-0.2, -0.15) is 5.10 Å². The third-order valence-electron chi connectivity index (χ3n) is 3.89. The van der Waals surface area contributed by atoms with Crippen molar-refractivity contribution in [2.75, 3.05) is 5.32 Å². The number of nitrogens with zero attached hydrogens (tertiary/aromatic N) is 2. The summed E-state index contributed by atoms with van der Waals surface area (Å²) in [4.78, 5) is 11.1. The minimum absolute atomic E-state index is 0.284. The van der Waals surface area contributed by atoms with Crippen LogP contribution in [-0.4, -0.2) is 15.7 Å². The zero-order valence-corrected chi connectivity index (χ0v) is 11.5. The van der Waals surface area contributed by atoms with Crippen LogP contribution >= 0.6 is 0 Å². The van der Waals surface area contributed by atoms with Gasteiger partial charge in [-0.05, 0) is 43.5 Å². The Labute approximate surface area is 117 Å². The summed E-state index contributed by atoms with van der Waals surface area (Å²) in [6, 6.07) is 7.57. The Kier molecular flexibility index (Phi) is 3.18. The number of benzene rings is 1. The fourth-order valence-electron chi connectivity index (χ4n) is 2.79. The number of primary amides is 1. The van der Waals surface area contributed by atoms with Crippen LogP contribution in [0, 0.1) is 0 Å². The monoisotopic (exact) mass is 270 g/mol. The molecule has 2 aromatic rings. The van der Waals surface area contributed by atoms with Gasteiger partial charge in [-0.25, -0.2) is 0 Å². The summed E-state index contributed by atoms with van der Waals surface area (Å²) in [6.45, 7) is 0. The summed E-state index contributed by atoms with van der Waals surface area (Å²) < 4.78 is 1.96. The van der Waals surface area contributed by atoms with E-state index < -0.39 is 5.91 Å². The molecule has 0 spiro atoms. The fraction of sp³-hybridized carbons (Fsp3) is 0.333. The van der Waals surface area contributed by atoms with Gasteiger partial charge in [0, 0.05) is 29.6 Å². The van der Waals surface area contributed by atoms with Crippen LogP contribution in [0.4, 0.5) is 5.69 Å². The maximum atomic E-state index is 11.1. The number of carbonyl (C=O) groups excluding carboxylic acids is 1. The number of amides is 1. The topological polar surface area (TPSA) is 72.9 Å². The molecule has 1 heterocycles. The van der Waals surface area contributed by atoms with E-state index in [0.29, 0.717) is 5.56 Å². The number of nitrogens with two attached hydrogens (primary N) is 1. The molecular formula is C15H18N4O. The van der Waals surface area contributed by atoms with Crippen LogP contribution in [0.3, 0.4) is 0 Å². The van der Waals surface area contributed by atoms with Crippen LogP contribution in [0.15, 0.2) is 30.5 Å². The molecule has 0 saturated carbocycles. The van der Waals surface area contributed by atoms with E-state index in [0.717, 1.165) is 24.9 Å². The van der Waals surface area contributed by atoms with Gasteiger partial charge in [0.05, 0.1) is 12.2 Å². The van der Waals surface area contributed by atoms with Crippen molar-refractivity contribution in [3.05, 3.63) is 47.3 Å². The molecule has 0 radical (unpaired) electrons. The van der Waals surface area contributed by atoms with Gasteiger partial charge >= 0.3 is 0 Å². The SMILES string of the molecule is Cn1ncc2c1CCCC2Nc1ccc(C(N)=O)cc1. The number of fused-ring (bicyclic) bond motifs is 1. The van der Waals surface area contributed by atoms with Crippen molar-refractivity contribution in [2.24, 2.45) is 12.8 Å². The maximum absolute atomic E-state index is 11.1. The first-order chi connectivity index (χ1) is 9.65. The van der Waals surface area contributed by atoms with Crippen molar-refractivity contribution < 1.29 is 4.79 Å². The van der Waals surface area contributed by atoms with E-state index in [-0.39, 0.29) is 6.04 Å². The van der Waals surface area contributed by atoms with Crippen molar-refractivity contribution in [3.63, 3.8) is 0 Å². The molecule has 20 heavy (non-hydrogen) atoms. The molecule has 1 amide bonds. The van der Waals surface area contributed by atoms with Gasteiger partial charge in [0.25, 0.3) is 0 Å². The normalized spacial score (nSPS) is 17.6. The predicted octanol–water partition coefficient (Wildman–Crippen LogP) is 2.01. The van der Waals surface area contributed by atoms with Gasteiger partial charge in [0.2, 0.25) is 5.91 Å². The highest BCUT2D eigenvalue weighted by molar-refractivity contribution is 5.93. The molecule has 5 nitrogen and oxygen atoms in total. The van der Waals surface area contributed by atoms with Crippen LogP contribution in [0.1, 0.15) is 40.5 Å². The van der Waals surface area contributed by atoms with Crippen molar-refractivity contribution in [2.45, 2.75) is 25.3 Å². The summed E-state index contributed by atoms with van der Waals surface area (Å²) in [7, 11) is 1.99. The van der Waals surface area contributed by atoms with Gasteiger partial charge in [-0.3, -0.25) is 9.48 Å². The molecule has 3 rings (SSSR count). The standard InChI is InChI=1S/C15H18N4O/c1-19-14-4-2-3-13(12(14)9-17-19)18-11-7-5-10(6-8-11)15(16)20/h5-9,13,18H,2-4H2,1H3,(H2,16,20). The van der Waals surface area contributed by atoms with Crippen LogP contribution in [-0.2, 0) is 13.5 Å². The molecule has 1 aliphatic rings. The smallest absolute Gasteiger partial charge is 0.248 e. The lowest BCUT2D eigenvalue weighted by atomic mass is 9.93. The molecule has 0 fully saturated rings. The van der Waals surface area contributed by atoms with Gasteiger partial charge in [-0.1, -0.05) is 0 Å². The highest BCUT2D eigenvalue weighted by Gasteiger charge is 2.23. The molecule has 1 aromatic heterocycles. The van der Waals surface area contributed by atoms with Gasteiger partial charge in [-0.15, -0.1) is 0 Å². The molecule has 1 unspecified atom stereocenters. The number of hydrogen-bond donors (Lipinski definition) is 2. The van der Waals surface area contributed by atoms with Crippen LogP contribution in [0.25, 0.3) is 0 Å². The van der Waals surface area contributed by atoms with E-state index in [2.05, 4.69) is 10.4 Å². The Bertz CT molecular complexity index is 630. The van der Waals surface area contributed by atoms with E-state index in [4.69, 9.17) is 5.73 Å². The number of rotatable bonds is 3. The Morgan fingerprint density at radius 2 is 2.15 bits per heavy atom. The van der Waals surface area contributed by atoms with E-state index in [1.165, 1.54) is 11.3 Å². The second-order valence-corrected chi connectivity index (χ2v) is 5.20. The second kappa shape index (κ2) is 5.00. The molecule has 1 aliphatic carbocycles. The van der Waals surface area contributed by atoms with Crippen molar-refractivity contribution in [1.82, 2.24) is 9.78 Å². The van der Waals surface area contributed by atoms with Crippen LogP contribution < -0.4 is 11.1 Å². The average Bonchev–Trinajstić information content (AvgIpc) is 2.82. The molecule has 0 saturated heterocycles. The van der Waals surface area contributed by atoms with Crippen LogP contribution in [0.2, 0.25) is 0 Å². The third kappa shape index (κ3) is 2.27. The van der Waals surface area contributed by atoms with Crippen LogP contribution in [0.5, 0.6) is 0 Å². The Hall–Kier alpha value is -2.30. The number of carbonyl (C=O) groups is 1. The highest BCUT2D eigenvalue weighted by Crippen LogP contribution is 2.32. The van der Waals surface area contributed by atoms with Gasteiger partial charge < -0.3 is 11.1 Å². The highest BCUT2D eigenvalue weighted by atomic mass is 16.1. The maximum Gasteiger partial charge on any atom is 0.248 e. The molecule has 5 heteroatoms. The van der Waals surface area contributed by atoms with E-state index in [9.17, 15) is 4.79 Å². The number of aryl methyl sites for hydroxylation is 1. The Morgan fingerprint density at radius 3 is 2.85 bits per heavy atom. The molecule has 0 bridgehead atoms. The fourth-order valence-corrected chi connectivity index (χ4v) is 2.79. The minimum Gasteiger partial charge on any atom is -0.378 e. The molecule has 3 N–H and O–H groups in total. The molecule has 104 valence electrons. The van der Waals surface area contributed by atoms with E-state index in [1.54, 1.807) is 12.1 Å². The zero-order valence-electron chi connectivity index (χ0n) is 11.5.